The number of benzene rings is 1. The predicted molar refractivity (Wildman–Crippen MR) is 67.6 cm³/mol. The summed E-state index contributed by atoms with van der Waals surface area (Å²) in [7, 11) is 0. The van der Waals surface area contributed by atoms with Gasteiger partial charge in [-0.3, -0.25) is 0 Å². The van der Waals surface area contributed by atoms with Crippen LogP contribution in [0, 0.1) is 0 Å². The van der Waals surface area contributed by atoms with E-state index in [0.717, 1.165) is 5.56 Å². The lowest BCUT2D eigenvalue weighted by atomic mass is 10.2. The largest absolute Gasteiger partial charge is 0.480 e. The molecule has 0 saturated heterocycles. The van der Waals surface area contributed by atoms with Crippen LogP contribution in [0.15, 0.2) is 36.0 Å². The van der Waals surface area contributed by atoms with Gasteiger partial charge in [-0.15, -0.1) is 10.2 Å². The number of aromatic nitrogens is 3. The molecule has 1 aromatic heterocycles. The van der Waals surface area contributed by atoms with Gasteiger partial charge in [-0.05, 0) is 23.8 Å². The Morgan fingerprint density at radius 3 is 2.84 bits per heavy atom. The Bertz CT molecular complexity index is 598. The molecule has 1 N–H and O–H groups in total. The van der Waals surface area contributed by atoms with E-state index in [1.807, 2.05) is 0 Å². The van der Waals surface area contributed by atoms with Crippen molar-refractivity contribution in [1.29, 1.82) is 0 Å². The summed E-state index contributed by atoms with van der Waals surface area (Å²) in [6, 6.07) is 4.91. The topological polar surface area (TPSA) is 89.6 Å². The van der Waals surface area contributed by atoms with E-state index in [2.05, 4.69) is 15.3 Å². The molecular weight excluding hydrogens is 272 g/mol. The van der Waals surface area contributed by atoms with E-state index < -0.39 is 12.6 Å². The van der Waals surface area contributed by atoms with E-state index in [0.29, 0.717) is 10.8 Å². The zero-order valence-electron chi connectivity index (χ0n) is 9.60. The highest BCUT2D eigenvalue weighted by Gasteiger charge is 2.04. The van der Waals surface area contributed by atoms with Crippen LogP contribution in [0.1, 0.15) is 5.56 Å². The van der Waals surface area contributed by atoms with Crippen molar-refractivity contribution in [3.05, 3.63) is 41.4 Å². The highest BCUT2D eigenvalue weighted by molar-refractivity contribution is 6.32. The molecule has 0 aliphatic carbocycles. The zero-order valence-corrected chi connectivity index (χ0v) is 10.4. The third-order valence-corrected chi connectivity index (χ3v) is 2.35. The molecule has 0 aliphatic heterocycles. The molecule has 0 saturated carbocycles. The first kappa shape index (κ1) is 13.0. The zero-order chi connectivity index (χ0) is 13.7. The molecule has 1 aromatic carbocycles. The van der Waals surface area contributed by atoms with Gasteiger partial charge in [-0.25, -0.2) is 9.47 Å². The Balaban J connectivity index is 2.08. The van der Waals surface area contributed by atoms with Crippen LogP contribution in [-0.4, -0.2) is 38.8 Å². The smallest absolute Gasteiger partial charge is 0.341 e. The molecule has 0 radical (unpaired) electrons. The molecule has 0 atom stereocenters. The van der Waals surface area contributed by atoms with Gasteiger partial charge in [0.25, 0.3) is 0 Å². The van der Waals surface area contributed by atoms with Crippen molar-refractivity contribution in [3.8, 4) is 5.75 Å². The van der Waals surface area contributed by atoms with Crippen molar-refractivity contribution in [2.24, 2.45) is 5.10 Å². The molecule has 0 spiro atoms. The SMILES string of the molecule is O=C(O)COc1ccc(/C=N\n2cnnc2)cc1Cl. The van der Waals surface area contributed by atoms with Gasteiger partial charge < -0.3 is 9.84 Å². The first-order valence-electron chi connectivity index (χ1n) is 5.18. The first-order valence-corrected chi connectivity index (χ1v) is 5.56. The third-order valence-electron chi connectivity index (χ3n) is 2.05. The maximum absolute atomic E-state index is 10.4. The minimum absolute atomic E-state index is 0.311. The molecule has 19 heavy (non-hydrogen) atoms. The van der Waals surface area contributed by atoms with E-state index in [-0.39, 0.29) is 0 Å². The lowest BCUT2D eigenvalue weighted by Gasteiger charge is -2.05. The Hall–Kier alpha value is -2.41. The fraction of sp³-hybridized carbons (Fsp3) is 0.0909. The molecule has 0 unspecified atom stereocenters. The average molecular weight is 281 g/mol. The minimum Gasteiger partial charge on any atom is -0.480 e. The highest BCUT2D eigenvalue weighted by Crippen LogP contribution is 2.24. The quantitative estimate of drug-likeness (QED) is 0.833. The number of hydrogen-bond donors (Lipinski definition) is 1. The highest BCUT2D eigenvalue weighted by atomic mass is 35.5. The predicted octanol–water partition coefficient (Wildman–Crippen LogP) is 1.28. The second kappa shape index (κ2) is 5.96. The summed E-state index contributed by atoms with van der Waals surface area (Å²) in [6.45, 7) is -0.437. The van der Waals surface area contributed by atoms with Gasteiger partial charge in [0.15, 0.2) is 6.61 Å². The fourth-order valence-electron chi connectivity index (χ4n) is 1.24. The van der Waals surface area contributed by atoms with Crippen LogP contribution in [-0.2, 0) is 4.79 Å². The van der Waals surface area contributed by atoms with Gasteiger partial charge in [-0.1, -0.05) is 11.6 Å². The Kier molecular flexibility index (Phi) is 4.09. The van der Waals surface area contributed by atoms with Crippen molar-refractivity contribution in [1.82, 2.24) is 14.9 Å². The maximum atomic E-state index is 10.4. The number of ether oxygens (including phenoxy) is 1. The van der Waals surface area contributed by atoms with Gasteiger partial charge in [0.2, 0.25) is 0 Å². The molecular formula is C11H9ClN4O3. The van der Waals surface area contributed by atoms with Crippen molar-refractivity contribution in [2.75, 3.05) is 6.61 Å². The van der Waals surface area contributed by atoms with Gasteiger partial charge in [-0.2, -0.15) is 5.10 Å². The summed E-state index contributed by atoms with van der Waals surface area (Å²) >= 11 is 5.96. The maximum Gasteiger partial charge on any atom is 0.341 e. The van der Waals surface area contributed by atoms with E-state index in [9.17, 15) is 4.79 Å². The molecule has 0 fully saturated rings. The molecule has 2 aromatic rings. The van der Waals surface area contributed by atoms with E-state index >= 15 is 0 Å². The van der Waals surface area contributed by atoms with E-state index in [1.165, 1.54) is 17.3 Å². The number of carboxylic acids is 1. The van der Waals surface area contributed by atoms with Crippen LogP contribution < -0.4 is 4.74 Å². The van der Waals surface area contributed by atoms with Crippen LogP contribution in [0.2, 0.25) is 5.02 Å². The first-order chi connectivity index (χ1) is 9.15. The van der Waals surface area contributed by atoms with Crippen molar-refractivity contribution in [2.45, 2.75) is 0 Å². The molecule has 98 valence electrons. The second-order valence-electron chi connectivity index (χ2n) is 3.46. The number of rotatable bonds is 5. The monoisotopic (exact) mass is 280 g/mol. The summed E-state index contributed by atoms with van der Waals surface area (Å²) in [5.41, 5.74) is 0.737. The Morgan fingerprint density at radius 1 is 1.47 bits per heavy atom. The number of nitrogens with zero attached hydrogens (tertiary/aromatic N) is 4. The number of halogens is 1. The fourth-order valence-corrected chi connectivity index (χ4v) is 1.49. The number of carbonyl (C=O) groups is 1. The Labute approximate surface area is 113 Å². The molecule has 1 heterocycles. The number of carboxylic acid groups (broad SMARTS) is 1. The molecule has 8 heteroatoms. The average Bonchev–Trinajstić information content (AvgIpc) is 2.88. The van der Waals surface area contributed by atoms with E-state index in [1.54, 1.807) is 24.4 Å². The lowest BCUT2D eigenvalue weighted by molar-refractivity contribution is -0.139. The van der Waals surface area contributed by atoms with Gasteiger partial charge in [0.1, 0.15) is 18.4 Å². The van der Waals surface area contributed by atoms with Crippen molar-refractivity contribution < 1.29 is 14.6 Å². The Morgan fingerprint density at radius 2 is 2.21 bits per heavy atom. The normalized spacial score (nSPS) is 10.8. The summed E-state index contributed by atoms with van der Waals surface area (Å²) < 4.78 is 6.44. The molecule has 7 nitrogen and oxygen atoms in total. The third kappa shape index (κ3) is 3.78. The number of aliphatic carboxylic acids is 1. The summed E-state index contributed by atoms with van der Waals surface area (Å²) in [6.07, 6.45) is 4.46. The minimum atomic E-state index is -1.06. The van der Waals surface area contributed by atoms with Crippen LogP contribution in [0.4, 0.5) is 0 Å². The molecule has 2 rings (SSSR count). The van der Waals surface area contributed by atoms with Crippen LogP contribution in [0.3, 0.4) is 0 Å². The standard InChI is InChI=1S/C11H9ClN4O3/c12-9-3-8(4-15-16-6-13-14-7-16)1-2-10(9)19-5-11(17)18/h1-4,6-7H,5H2,(H,17,18)/b15-4-. The van der Waals surface area contributed by atoms with E-state index in [4.69, 9.17) is 21.4 Å². The van der Waals surface area contributed by atoms with Gasteiger partial charge >= 0.3 is 5.97 Å². The van der Waals surface area contributed by atoms with Crippen molar-refractivity contribution >= 4 is 23.8 Å². The van der Waals surface area contributed by atoms with Crippen LogP contribution in [0.25, 0.3) is 0 Å². The van der Waals surface area contributed by atoms with Crippen LogP contribution >= 0.6 is 11.6 Å². The molecule has 0 aliphatic rings. The molecule has 0 bridgehead atoms. The molecule has 0 amide bonds. The summed E-state index contributed by atoms with van der Waals surface area (Å²) in [5, 5.41) is 20.1. The summed E-state index contributed by atoms with van der Waals surface area (Å²) in [4.78, 5) is 10.4. The van der Waals surface area contributed by atoms with Gasteiger partial charge in [0.05, 0.1) is 11.2 Å². The van der Waals surface area contributed by atoms with Gasteiger partial charge in [0, 0.05) is 0 Å². The van der Waals surface area contributed by atoms with Crippen LogP contribution in [0.5, 0.6) is 5.75 Å². The summed E-state index contributed by atoms with van der Waals surface area (Å²) in [5.74, 6) is -0.750. The second-order valence-corrected chi connectivity index (χ2v) is 3.87. The lowest BCUT2D eigenvalue weighted by Crippen LogP contribution is -2.09. The van der Waals surface area contributed by atoms with Crippen molar-refractivity contribution in [3.63, 3.8) is 0 Å². The number of hydrogen-bond acceptors (Lipinski definition) is 5.